The van der Waals surface area contributed by atoms with Crippen molar-refractivity contribution < 1.29 is 9.21 Å². The van der Waals surface area contributed by atoms with E-state index in [1.807, 2.05) is 42.6 Å². The van der Waals surface area contributed by atoms with Gasteiger partial charge >= 0.3 is 0 Å². The lowest BCUT2D eigenvalue weighted by Gasteiger charge is -2.04. The second-order valence-electron chi connectivity index (χ2n) is 6.84. The molecule has 0 radical (unpaired) electrons. The third-order valence-electron chi connectivity index (χ3n) is 4.70. The molecule has 2 aromatic heterocycles. The molecule has 4 aromatic rings. The number of nitrogens with one attached hydrogen (secondary N) is 1. The number of nitrogens with zero attached hydrogens (tertiary/aromatic N) is 1. The van der Waals surface area contributed by atoms with Gasteiger partial charge in [0.25, 0.3) is 0 Å². The van der Waals surface area contributed by atoms with Crippen LogP contribution in [0.3, 0.4) is 0 Å². The van der Waals surface area contributed by atoms with Crippen molar-refractivity contribution in [1.82, 2.24) is 10.3 Å². The molecule has 2 heterocycles. The normalized spacial score (nSPS) is 11.2. The Kier molecular flexibility index (Phi) is 5.86. The molecule has 0 bridgehead atoms. The van der Waals surface area contributed by atoms with Crippen molar-refractivity contribution in [3.05, 3.63) is 92.6 Å². The predicted octanol–water partition coefficient (Wildman–Crippen LogP) is 4.60. The fourth-order valence-electron chi connectivity index (χ4n) is 3.10. The summed E-state index contributed by atoms with van der Waals surface area (Å²) in [6.45, 7) is 2.50. The molecule has 0 aliphatic carbocycles. The van der Waals surface area contributed by atoms with Crippen LogP contribution in [-0.4, -0.2) is 17.4 Å². The first-order chi connectivity index (χ1) is 14.6. The van der Waals surface area contributed by atoms with Crippen molar-refractivity contribution in [2.24, 2.45) is 0 Å². The molecule has 6 heteroatoms. The molecular weight excluding hydrogens is 396 g/mol. The number of amides is 1. The molecule has 0 fully saturated rings. The second-order valence-corrected chi connectivity index (χ2v) is 7.90. The Hall–Kier alpha value is -3.51. The number of hydrogen-bond acceptors (Lipinski definition) is 5. The number of carbonyl (C=O) groups is 1. The number of hydrogen-bond donors (Lipinski definition) is 1. The minimum absolute atomic E-state index is 0.156. The number of para-hydroxylation sites is 1. The Morgan fingerprint density at radius 1 is 1.17 bits per heavy atom. The highest BCUT2D eigenvalue weighted by Crippen LogP contribution is 2.21. The summed E-state index contributed by atoms with van der Waals surface area (Å²) in [6.07, 6.45) is 4.93. The number of aromatic nitrogens is 1. The van der Waals surface area contributed by atoms with E-state index in [0.29, 0.717) is 29.5 Å². The molecule has 0 saturated carbocycles. The highest BCUT2D eigenvalue weighted by molar-refractivity contribution is 7.09. The fourth-order valence-corrected chi connectivity index (χ4v) is 3.72. The van der Waals surface area contributed by atoms with Crippen LogP contribution in [0.15, 0.2) is 75.5 Å². The van der Waals surface area contributed by atoms with Crippen molar-refractivity contribution in [1.29, 1.82) is 0 Å². The Morgan fingerprint density at radius 2 is 1.97 bits per heavy atom. The van der Waals surface area contributed by atoms with Gasteiger partial charge in [0, 0.05) is 23.6 Å². The molecule has 0 unspecified atom stereocenters. The lowest BCUT2D eigenvalue weighted by Crippen LogP contribution is -2.23. The van der Waals surface area contributed by atoms with Crippen molar-refractivity contribution in [3.63, 3.8) is 0 Å². The monoisotopic (exact) mass is 416 g/mol. The van der Waals surface area contributed by atoms with Gasteiger partial charge in [0.1, 0.15) is 11.8 Å². The van der Waals surface area contributed by atoms with Gasteiger partial charge in [0.15, 0.2) is 5.43 Å². The zero-order valence-corrected chi connectivity index (χ0v) is 17.2. The maximum Gasteiger partial charge on any atom is 0.244 e. The quantitative estimate of drug-likeness (QED) is 0.467. The van der Waals surface area contributed by atoms with E-state index in [2.05, 4.69) is 10.3 Å². The smallest absolute Gasteiger partial charge is 0.244 e. The molecule has 2 aromatic carbocycles. The van der Waals surface area contributed by atoms with Gasteiger partial charge < -0.3 is 9.73 Å². The molecule has 5 nitrogen and oxygen atoms in total. The molecule has 1 amide bonds. The Labute approximate surface area is 177 Å². The van der Waals surface area contributed by atoms with E-state index in [1.54, 1.807) is 29.5 Å². The van der Waals surface area contributed by atoms with Gasteiger partial charge in [-0.25, -0.2) is 4.98 Å². The SMILES string of the molecule is Cc1nc(-c2ccc(CCNC(=O)/C=C/c3coc4ccccc4c3=O)cc2)cs1. The number of carbonyl (C=O) groups excluding carboxylic acids is 1. The number of aryl methyl sites for hydroxylation is 1. The van der Waals surface area contributed by atoms with Crippen LogP contribution >= 0.6 is 11.3 Å². The summed E-state index contributed by atoms with van der Waals surface area (Å²) < 4.78 is 5.45. The standard InChI is InChI=1S/C24H20N2O3S/c1-16-26-21(15-30-16)18-8-6-17(7-9-18)12-13-25-23(27)11-10-19-14-29-22-5-3-2-4-20(22)24(19)28/h2-11,14-15H,12-13H2,1H3,(H,25,27)/b11-10+. The van der Waals surface area contributed by atoms with Gasteiger partial charge in [-0.3, -0.25) is 9.59 Å². The van der Waals surface area contributed by atoms with Gasteiger partial charge in [-0.2, -0.15) is 0 Å². The van der Waals surface area contributed by atoms with E-state index in [1.165, 1.54) is 18.4 Å². The van der Waals surface area contributed by atoms with Crippen LogP contribution in [0.1, 0.15) is 16.1 Å². The van der Waals surface area contributed by atoms with Crippen LogP contribution in [0.5, 0.6) is 0 Å². The van der Waals surface area contributed by atoms with Crippen LogP contribution < -0.4 is 10.7 Å². The minimum Gasteiger partial charge on any atom is -0.463 e. The molecule has 4 rings (SSSR count). The summed E-state index contributed by atoms with van der Waals surface area (Å²) in [4.78, 5) is 29.0. The zero-order chi connectivity index (χ0) is 20.9. The molecule has 1 N–H and O–H groups in total. The minimum atomic E-state index is -0.253. The summed E-state index contributed by atoms with van der Waals surface area (Å²) in [7, 11) is 0. The highest BCUT2D eigenvalue weighted by Gasteiger charge is 2.05. The molecule has 0 aliphatic heterocycles. The largest absolute Gasteiger partial charge is 0.463 e. The Bertz CT molecular complexity index is 1270. The van der Waals surface area contributed by atoms with Crippen molar-refractivity contribution >= 4 is 34.3 Å². The highest BCUT2D eigenvalue weighted by atomic mass is 32.1. The number of fused-ring (bicyclic) bond motifs is 1. The van der Waals surface area contributed by atoms with E-state index < -0.39 is 0 Å². The topological polar surface area (TPSA) is 72.2 Å². The third kappa shape index (κ3) is 4.55. The summed E-state index contributed by atoms with van der Waals surface area (Å²) in [5, 5.41) is 6.43. The predicted molar refractivity (Wildman–Crippen MR) is 121 cm³/mol. The summed E-state index contributed by atoms with van der Waals surface area (Å²) in [5.74, 6) is -0.253. The molecule has 0 atom stereocenters. The molecule has 0 spiro atoms. The lowest BCUT2D eigenvalue weighted by atomic mass is 10.1. The van der Waals surface area contributed by atoms with E-state index in [4.69, 9.17) is 4.42 Å². The van der Waals surface area contributed by atoms with Crippen LogP contribution in [0.4, 0.5) is 0 Å². The van der Waals surface area contributed by atoms with Gasteiger partial charge in [-0.1, -0.05) is 36.4 Å². The fraction of sp³-hybridized carbons (Fsp3) is 0.125. The first-order valence-corrected chi connectivity index (χ1v) is 10.5. The molecule has 150 valence electrons. The average Bonchev–Trinajstić information content (AvgIpc) is 3.20. The van der Waals surface area contributed by atoms with Crippen molar-refractivity contribution in [2.75, 3.05) is 6.54 Å². The van der Waals surface area contributed by atoms with Crippen LogP contribution in [0, 0.1) is 6.92 Å². The summed E-state index contributed by atoms with van der Waals surface area (Å²) in [6, 6.07) is 15.2. The molecule has 0 saturated heterocycles. The lowest BCUT2D eigenvalue weighted by molar-refractivity contribution is -0.116. The first-order valence-electron chi connectivity index (χ1n) is 9.58. The Morgan fingerprint density at radius 3 is 2.73 bits per heavy atom. The summed E-state index contributed by atoms with van der Waals surface area (Å²) in [5.41, 5.74) is 3.92. The van der Waals surface area contributed by atoms with E-state index in [0.717, 1.165) is 21.8 Å². The van der Waals surface area contributed by atoms with Crippen LogP contribution in [0.2, 0.25) is 0 Å². The van der Waals surface area contributed by atoms with Crippen molar-refractivity contribution in [3.8, 4) is 11.3 Å². The third-order valence-corrected chi connectivity index (χ3v) is 5.48. The maximum atomic E-state index is 12.4. The number of thiazole rings is 1. The van der Waals surface area contributed by atoms with Crippen LogP contribution in [0.25, 0.3) is 28.3 Å². The first kappa shape index (κ1) is 19.8. The number of benzene rings is 2. The number of rotatable bonds is 6. The second kappa shape index (κ2) is 8.88. The van der Waals surface area contributed by atoms with E-state index in [-0.39, 0.29) is 11.3 Å². The van der Waals surface area contributed by atoms with Crippen LogP contribution in [-0.2, 0) is 11.2 Å². The molecule has 30 heavy (non-hydrogen) atoms. The average molecular weight is 417 g/mol. The van der Waals surface area contributed by atoms with Crippen molar-refractivity contribution in [2.45, 2.75) is 13.3 Å². The Balaban J connectivity index is 1.32. The van der Waals surface area contributed by atoms with E-state index in [9.17, 15) is 9.59 Å². The van der Waals surface area contributed by atoms with Gasteiger partial charge in [0.2, 0.25) is 5.91 Å². The molecular formula is C24H20N2O3S. The molecule has 0 aliphatic rings. The summed E-state index contributed by atoms with van der Waals surface area (Å²) >= 11 is 1.63. The maximum absolute atomic E-state index is 12.4. The van der Waals surface area contributed by atoms with Gasteiger partial charge in [-0.15, -0.1) is 11.3 Å². The van der Waals surface area contributed by atoms with Gasteiger partial charge in [0.05, 0.1) is 21.7 Å². The van der Waals surface area contributed by atoms with E-state index >= 15 is 0 Å². The van der Waals surface area contributed by atoms with Gasteiger partial charge in [-0.05, 0) is 37.1 Å². The zero-order valence-electron chi connectivity index (χ0n) is 16.4.